The fourth-order valence-electron chi connectivity index (χ4n) is 1.56. The third-order valence-corrected chi connectivity index (χ3v) is 2.43. The first-order chi connectivity index (χ1) is 8.04. The van der Waals surface area contributed by atoms with Crippen LogP contribution in [0.15, 0.2) is 0 Å². The van der Waals surface area contributed by atoms with Crippen molar-refractivity contribution in [2.45, 2.75) is 46.1 Å². The Balaban J connectivity index is 2.85. The monoisotopic (exact) mass is 242 g/mol. The maximum Gasteiger partial charge on any atom is 0.257 e. The van der Waals surface area contributed by atoms with E-state index in [-0.39, 0.29) is 6.42 Å². The van der Waals surface area contributed by atoms with Gasteiger partial charge in [-0.25, -0.2) is 13.5 Å². The maximum atomic E-state index is 12.3. The van der Waals surface area contributed by atoms with E-state index >= 15 is 0 Å². The highest BCUT2D eigenvalue weighted by Gasteiger charge is 2.15. The summed E-state index contributed by atoms with van der Waals surface area (Å²) in [5, 5.41) is 16.1. The SMILES string of the molecule is CC(C)CCc1c(CC#N)nnn1CC(F)F. The van der Waals surface area contributed by atoms with Crippen LogP contribution in [0.5, 0.6) is 0 Å². The van der Waals surface area contributed by atoms with Crippen LogP contribution in [0.3, 0.4) is 0 Å². The molecule has 1 rings (SSSR count). The van der Waals surface area contributed by atoms with Gasteiger partial charge in [0.15, 0.2) is 0 Å². The summed E-state index contributed by atoms with van der Waals surface area (Å²) in [5.41, 5.74) is 1.19. The number of alkyl halides is 2. The van der Waals surface area contributed by atoms with Gasteiger partial charge in [-0.1, -0.05) is 19.1 Å². The summed E-state index contributed by atoms with van der Waals surface area (Å²) in [6.07, 6.45) is -0.829. The Morgan fingerprint density at radius 2 is 2.12 bits per heavy atom. The lowest BCUT2D eigenvalue weighted by molar-refractivity contribution is 0.119. The van der Waals surface area contributed by atoms with Gasteiger partial charge in [-0.2, -0.15) is 5.26 Å². The van der Waals surface area contributed by atoms with E-state index in [4.69, 9.17) is 5.26 Å². The lowest BCUT2D eigenvalue weighted by Crippen LogP contribution is -2.12. The summed E-state index contributed by atoms with van der Waals surface area (Å²) in [6, 6.07) is 1.98. The van der Waals surface area contributed by atoms with Crippen LogP contribution < -0.4 is 0 Å². The second-order valence-electron chi connectivity index (χ2n) is 4.32. The molecule has 0 fully saturated rings. The second kappa shape index (κ2) is 6.28. The van der Waals surface area contributed by atoms with Crippen LogP contribution in [0.4, 0.5) is 8.78 Å². The average Bonchev–Trinajstić information content (AvgIpc) is 2.58. The largest absolute Gasteiger partial charge is 0.257 e. The molecule has 1 aromatic heterocycles. The van der Waals surface area contributed by atoms with Gasteiger partial charge in [0, 0.05) is 0 Å². The van der Waals surface area contributed by atoms with Gasteiger partial charge in [0.2, 0.25) is 0 Å². The highest BCUT2D eigenvalue weighted by Crippen LogP contribution is 2.14. The molecule has 0 aliphatic carbocycles. The molecule has 4 nitrogen and oxygen atoms in total. The summed E-state index contributed by atoms with van der Waals surface area (Å²) in [5.74, 6) is 0.472. The molecule has 0 amide bonds. The third-order valence-electron chi connectivity index (χ3n) is 2.43. The minimum Gasteiger partial charge on any atom is -0.243 e. The molecule has 94 valence electrons. The molecular formula is C11H16F2N4. The van der Waals surface area contributed by atoms with Crippen LogP contribution >= 0.6 is 0 Å². The fourth-order valence-corrected chi connectivity index (χ4v) is 1.56. The Labute approximate surface area is 99.2 Å². The van der Waals surface area contributed by atoms with Crippen molar-refractivity contribution in [1.82, 2.24) is 15.0 Å². The first-order valence-electron chi connectivity index (χ1n) is 5.61. The standard InChI is InChI=1S/C11H16F2N4/c1-8(2)3-4-10-9(5-6-14)15-16-17(10)7-11(12)13/h8,11H,3-5,7H2,1-2H3. The van der Waals surface area contributed by atoms with Crippen LogP contribution in [-0.2, 0) is 19.4 Å². The van der Waals surface area contributed by atoms with Crippen molar-refractivity contribution in [2.75, 3.05) is 0 Å². The maximum absolute atomic E-state index is 12.3. The first-order valence-corrected chi connectivity index (χ1v) is 5.61. The lowest BCUT2D eigenvalue weighted by Gasteiger charge is -2.08. The lowest BCUT2D eigenvalue weighted by atomic mass is 10.0. The van der Waals surface area contributed by atoms with Gasteiger partial charge in [0.05, 0.1) is 23.9 Å². The van der Waals surface area contributed by atoms with Gasteiger partial charge in [0.1, 0.15) is 6.54 Å². The molecule has 0 aliphatic rings. The van der Waals surface area contributed by atoms with Crippen molar-refractivity contribution >= 4 is 0 Å². The summed E-state index contributed by atoms with van der Waals surface area (Å²) < 4.78 is 25.9. The van der Waals surface area contributed by atoms with Crippen molar-refractivity contribution in [3.63, 3.8) is 0 Å². The van der Waals surface area contributed by atoms with Gasteiger partial charge in [-0.15, -0.1) is 5.10 Å². The zero-order valence-corrected chi connectivity index (χ0v) is 10.0. The van der Waals surface area contributed by atoms with E-state index in [0.717, 1.165) is 6.42 Å². The van der Waals surface area contributed by atoms with Crippen molar-refractivity contribution in [1.29, 1.82) is 5.26 Å². The van der Waals surface area contributed by atoms with Gasteiger partial charge < -0.3 is 0 Å². The topological polar surface area (TPSA) is 54.5 Å². The zero-order chi connectivity index (χ0) is 12.8. The number of nitrogens with zero attached hydrogens (tertiary/aromatic N) is 4. The molecule has 0 bridgehead atoms. The van der Waals surface area contributed by atoms with Crippen molar-refractivity contribution in [3.8, 4) is 6.07 Å². The summed E-state index contributed by atoms with van der Waals surface area (Å²) in [6.45, 7) is 3.67. The minimum absolute atomic E-state index is 0.122. The third kappa shape index (κ3) is 4.10. The fraction of sp³-hybridized carbons (Fsp3) is 0.727. The summed E-state index contributed by atoms with van der Waals surface area (Å²) in [7, 11) is 0. The number of hydrogen-bond donors (Lipinski definition) is 0. The Morgan fingerprint density at radius 3 is 2.65 bits per heavy atom. The van der Waals surface area contributed by atoms with E-state index in [1.54, 1.807) is 0 Å². The van der Waals surface area contributed by atoms with E-state index in [1.807, 2.05) is 6.07 Å². The molecule has 0 N–H and O–H groups in total. The zero-order valence-electron chi connectivity index (χ0n) is 10.0. The van der Waals surface area contributed by atoms with Gasteiger partial charge in [-0.3, -0.25) is 0 Å². The normalized spacial score (nSPS) is 11.1. The van der Waals surface area contributed by atoms with Gasteiger partial charge >= 0.3 is 0 Å². The molecule has 0 spiro atoms. The summed E-state index contributed by atoms with van der Waals surface area (Å²) >= 11 is 0. The molecule has 1 aromatic rings. The van der Waals surface area contributed by atoms with E-state index < -0.39 is 13.0 Å². The van der Waals surface area contributed by atoms with E-state index in [2.05, 4.69) is 24.2 Å². The average molecular weight is 242 g/mol. The predicted octanol–water partition coefficient (Wildman–Crippen LogP) is 2.20. The number of rotatable bonds is 6. The minimum atomic E-state index is -2.45. The predicted molar refractivity (Wildman–Crippen MR) is 58.5 cm³/mol. The van der Waals surface area contributed by atoms with Crippen LogP contribution in [-0.4, -0.2) is 21.4 Å². The molecule has 0 atom stereocenters. The smallest absolute Gasteiger partial charge is 0.243 e. The van der Waals surface area contributed by atoms with Crippen molar-refractivity contribution < 1.29 is 8.78 Å². The first kappa shape index (κ1) is 13.6. The molecule has 0 aromatic carbocycles. The molecule has 0 unspecified atom stereocenters. The highest BCUT2D eigenvalue weighted by molar-refractivity contribution is 5.14. The molecule has 0 saturated carbocycles. The quantitative estimate of drug-likeness (QED) is 0.768. The van der Waals surface area contributed by atoms with Crippen LogP contribution in [0.1, 0.15) is 31.7 Å². The Morgan fingerprint density at radius 1 is 1.41 bits per heavy atom. The molecule has 1 heterocycles. The van der Waals surface area contributed by atoms with Crippen LogP contribution in [0.25, 0.3) is 0 Å². The number of halogens is 2. The Bertz CT molecular complexity index is 393. The van der Waals surface area contributed by atoms with E-state index in [0.29, 0.717) is 23.7 Å². The Kier molecular flexibility index (Phi) is 5.01. The van der Waals surface area contributed by atoms with E-state index in [1.165, 1.54) is 4.68 Å². The molecule has 0 saturated heterocycles. The van der Waals surface area contributed by atoms with Crippen molar-refractivity contribution in [2.24, 2.45) is 5.92 Å². The summed E-state index contributed by atoms with van der Waals surface area (Å²) in [4.78, 5) is 0. The van der Waals surface area contributed by atoms with Crippen molar-refractivity contribution in [3.05, 3.63) is 11.4 Å². The molecule has 0 radical (unpaired) electrons. The van der Waals surface area contributed by atoms with Crippen LogP contribution in [0, 0.1) is 17.2 Å². The molecule has 17 heavy (non-hydrogen) atoms. The number of hydrogen-bond acceptors (Lipinski definition) is 3. The highest BCUT2D eigenvalue weighted by atomic mass is 19.3. The van der Waals surface area contributed by atoms with Crippen LogP contribution in [0.2, 0.25) is 0 Å². The van der Waals surface area contributed by atoms with Gasteiger partial charge in [0.25, 0.3) is 6.43 Å². The molecule has 0 aliphatic heterocycles. The Hall–Kier alpha value is -1.51. The number of nitriles is 1. The van der Waals surface area contributed by atoms with E-state index in [9.17, 15) is 8.78 Å². The van der Waals surface area contributed by atoms with Gasteiger partial charge in [-0.05, 0) is 18.8 Å². The molecule has 6 heteroatoms. The second-order valence-corrected chi connectivity index (χ2v) is 4.32. The number of aromatic nitrogens is 3. The molecular weight excluding hydrogens is 226 g/mol.